The van der Waals surface area contributed by atoms with Crippen LogP contribution in [0.4, 0.5) is 0 Å². The molecule has 1 aromatic carbocycles. The lowest BCUT2D eigenvalue weighted by atomic mass is 10.1. The van der Waals surface area contributed by atoms with Crippen molar-refractivity contribution in [1.29, 1.82) is 0 Å². The summed E-state index contributed by atoms with van der Waals surface area (Å²) in [6, 6.07) is 9.23. The average Bonchev–Trinajstić information content (AvgIpc) is 2.68. The zero-order valence-electron chi connectivity index (χ0n) is 8.91. The summed E-state index contributed by atoms with van der Waals surface area (Å²) in [5.41, 5.74) is 6.94. The van der Waals surface area contributed by atoms with Gasteiger partial charge in [0.2, 0.25) is 0 Å². The maximum atomic E-state index is 5.47. The van der Waals surface area contributed by atoms with Gasteiger partial charge in [-0.15, -0.1) is 11.8 Å². The van der Waals surface area contributed by atoms with Gasteiger partial charge >= 0.3 is 0 Å². The summed E-state index contributed by atoms with van der Waals surface area (Å²) in [6.07, 6.45) is 2.30. The molecule has 0 bridgehead atoms. The quantitative estimate of drug-likeness (QED) is 0.750. The molecule has 0 radical (unpaired) electrons. The first-order chi connectivity index (χ1) is 7.42. The van der Waals surface area contributed by atoms with E-state index in [0.29, 0.717) is 6.04 Å². The van der Waals surface area contributed by atoms with Crippen LogP contribution in [-0.4, -0.2) is 18.8 Å². The van der Waals surface area contributed by atoms with E-state index in [1.165, 1.54) is 22.6 Å². The summed E-state index contributed by atoms with van der Waals surface area (Å²) in [7, 11) is 0. The van der Waals surface area contributed by atoms with E-state index >= 15 is 0 Å². The molecule has 2 nitrogen and oxygen atoms in total. The van der Waals surface area contributed by atoms with Gasteiger partial charge in [0.05, 0.1) is 0 Å². The van der Waals surface area contributed by atoms with E-state index in [4.69, 9.17) is 5.73 Å². The van der Waals surface area contributed by atoms with Crippen LogP contribution >= 0.6 is 11.8 Å². The van der Waals surface area contributed by atoms with E-state index in [2.05, 4.69) is 29.6 Å². The second-order valence-electron chi connectivity index (χ2n) is 3.85. The van der Waals surface area contributed by atoms with Crippen molar-refractivity contribution < 1.29 is 0 Å². The highest BCUT2D eigenvalue weighted by Gasteiger charge is 2.21. The van der Waals surface area contributed by atoms with Gasteiger partial charge in [0.1, 0.15) is 0 Å². The van der Waals surface area contributed by atoms with Crippen LogP contribution < -0.4 is 11.1 Å². The molecule has 0 spiro atoms. The van der Waals surface area contributed by atoms with Crippen molar-refractivity contribution >= 4 is 11.8 Å². The van der Waals surface area contributed by atoms with Gasteiger partial charge in [-0.25, -0.2) is 0 Å². The molecule has 1 aromatic rings. The van der Waals surface area contributed by atoms with Gasteiger partial charge < -0.3 is 11.1 Å². The maximum absolute atomic E-state index is 5.47. The van der Waals surface area contributed by atoms with Gasteiger partial charge in [0.15, 0.2) is 0 Å². The Morgan fingerprint density at radius 1 is 1.33 bits per heavy atom. The Morgan fingerprint density at radius 2 is 2.20 bits per heavy atom. The van der Waals surface area contributed by atoms with Gasteiger partial charge in [-0.1, -0.05) is 18.2 Å². The summed E-state index contributed by atoms with van der Waals surface area (Å²) in [5.74, 6) is 1.17. The number of unbranched alkanes of at least 4 members (excludes halogenated alkanes) is 1. The van der Waals surface area contributed by atoms with E-state index < -0.39 is 0 Å². The smallest absolute Gasteiger partial charge is 0.0426 e. The first-order valence-electron chi connectivity index (χ1n) is 5.57. The molecule has 1 aliphatic rings. The SMILES string of the molecule is NCCCCNC1CSc2ccccc21. The highest BCUT2D eigenvalue weighted by Crippen LogP contribution is 2.37. The molecule has 0 fully saturated rings. The van der Waals surface area contributed by atoms with Crippen LogP contribution in [0.2, 0.25) is 0 Å². The molecule has 1 unspecified atom stereocenters. The standard InChI is InChI=1S/C12H18N2S/c13-7-3-4-8-14-11-9-15-12-6-2-1-5-10(11)12/h1-2,5-6,11,14H,3-4,7-9,13H2. The zero-order valence-corrected chi connectivity index (χ0v) is 9.72. The molecule has 1 atom stereocenters. The van der Waals surface area contributed by atoms with Crippen LogP contribution in [0.5, 0.6) is 0 Å². The number of thioether (sulfide) groups is 1. The third-order valence-electron chi connectivity index (χ3n) is 2.72. The van der Waals surface area contributed by atoms with Crippen molar-refractivity contribution in [3.63, 3.8) is 0 Å². The minimum atomic E-state index is 0.545. The lowest BCUT2D eigenvalue weighted by Gasteiger charge is -2.12. The van der Waals surface area contributed by atoms with Crippen LogP contribution in [0.3, 0.4) is 0 Å². The molecule has 0 amide bonds. The Balaban J connectivity index is 1.85. The largest absolute Gasteiger partial charge is 0.330 e. The number of nitrogens with two attached hydrogens (primary N) is 1. The molecule has 1 aliphatic heterocycles. The number of benzene rings is 1. The Morgan fingerprint density at radius 3 is 3.07 bits per heavy atom. The minimum absolute atomic E-state index is 0.545. The van der Waals surface area contributed by atoms with E-state index in [-0.39, 0.29) is 0 Å². The molecule has 2 rings (SSSR count). The second-order valence-corrected chi connectivity index (χ2v) is 4.91. The summed E-state index contributed by atoms with van der Waals surface area (Å²) in [4.78, 5) is 1.44. The molecular formula is C12H18N2S. The molecule has 0 saturated carbocycles. The van der Waals surface area contributed by atoms with Crippen LogP contribution in [0.25, 0.3) is 0 Å². The van der Waals surface area contributed by atoms with E-state index in [1.54, 1.807) is 0 Å². The van der Waals surface area contributed by atoms with Crippen molar-refractivity contribution in [1.82, 2.24) is 5.32 Å². The third-order valence-corrected chi connectivity index (χ3v) is 3.90. The molecule has 15 heavy (non-hydrogen) atoms. The van der Waals surface area contributed by atoms with E-state index in [0.717, 1.165) is 19.5 Å². The molecule has 0 saturated heterocycles. The van der Waals surface area contributed by atoms with Gasteiger partial charge in [-0.2, -0.15) is 0 Å². The summed E-state index contributed by atoms with van der Waals surface area (Å²) in [6.45, 7) is 1.88. The molecule has 3 N–H and O–H groups in total. The zero-order chi connectivity index (χ0) is 10.5. The predicted molar refractivity (Wildman–Crippen MR) is 66.2 cm³/mol. The highest BCUT2D eigenvalue weighted by atomic mass is 32.2. The molecule has 0 aromatic heterocycles. The number of fused-ring (bicyclic) bond motifs is 1. The Labute approximate surface area is 95.6 Å². The van der Waals surface area contributed by atoms with Gasteiger partial charge in [-0.05, 0) is 37.6 Å². The predicted octanol–water partition coefficient (Wildman–Crippen LogP) is 2.16. The van der Waals surface area contributed by atoms with Gasteiger partial charge in [0, 0.05) is 16.7 Å². The van der Waals surface area contributed by atoms with E-state index in [1.807, 2.05) is 11.8 Å². The maximum Gasteiger partial charge on any atom is 0.0426 e. The molecular weight excluding hydrogens is 204 g/mol. The normalized spacial score (nSPS) is 19.1. The summed E-state index contributed by atoms with van der Waals surface area (Å²) >= 11 is 1.95. The topological polar surface area (TPSA) is 38.0 Å². The van der Waals surface area contributed by atoms with Crippen LogP contribution in [0, 0.1) is 0 Å². The van der Waals surface area contributed by atoms with Crippen LogP contribution in [0.1, 0.15) is 24.4 Å². The van der Waals surface area contributed by atoms with Gasteiger partial charge in [0.25, 0.3) is 0 Å². The lowest BCUT2D eigenvalue weighted by molar-refractivity contribution is 0.556. The number of nitrogens with one attached hydrogen (secondary N) is 1. The van der Waals surface area contributed by atoms with Crippen molar-refractivity contribution in [3.8, 4) is 0 Å². The summed E-state index contributed by atoms with van der Waals surface area (Å²) in [5, 5.41) is 3.60. The lowest BCUT2D eigenvalue weighted by Crippen LogP contribution is -2.22. The van der Waals surface area contributed by atoms with Crippen molar-refractivity contribution in [3.05, 3.63) is 29.8 Å². The first-order valence-corrected chi connectivity index (χ1v) is 6.55. The molecule has 0 aliphatic carbocycles. The van der Waals surface area contributed by atoms with Gasteiger partial charge in [-0.3, -0.25) is 0 Å². The molecule has 1 heterocycles. The Bertz CT molecular complexity index is 314. The Hall–Kier alpha value is -0.510. The number of rotatable bonds is 5. The Kier molecular flexibility index (Phi) is 4.06. The fraction of sp³-hybridized carbons (Fsp3) is 0.500. The molecule has 82 valence electrons. The monoisotopic (exact) mass is 222 g/mol. The number of hydrogen-bond donors (Lipinski definition) is 2. The number of hydrogen-bond acceptors (Lipinski definition) is 3. The molecule has 3 heteroatoms. The van der Waals surface area contributed by atoms with Crippen LogP contribution in [0.15, 0.2) is 29.2 Å². The fourth-order valence-electron chi connectivity index (χ4n) is 1.88. The van der Waals surface area contributed by atoms with Crippen molar-refractivity contribution in [2.45, 2.75) is 23.8 Å². The average molecular weight is 222 g/mol. The third kappa shape index (κ3) is 2.74. The van der Waals surface area contributed by atoms with E-state index in [9.17, 15) is 0 Å². The summed E-state index contributed by atoms with van der Waals surface area (Å²) < 4.78 is 0. The highest BCUT2D eigenvalue weighted by molar-refractivity contribution is 7.99. The minimum Gasteiger partial charge on any atom is -0.330 e. The fourth-order valence-corrected chi connectivity index (χ4v) is 3.07. The van der Waals surface area contributed by atoms with Crippen LogP contribution in [-0.2, 0) is 0 Å². The second kappa shape index (κ2) is 5.54. The first kappa shape index (κ1) is 11.0. The van der Waals surface area contributed by atoms with Crippen molar-refractivity contribution in [2.24, 2.45) is 5.73 Å². The van der Waals surface area contributed by atoms with Crippen molar-refractivity contribution in [2.75, 3.05) is 18.8 Å².